The Labute approximate surface area is 121 Å². The fraction of sp³-hybridized carbons (Fsp3) is 0.667. The van der Waals surface area contributed by atoms with Crippen LogP contribution in [0.15, 0.2) is 0 Å². The van der Waals surface area contributed by atoms with E-state index in [2.05, 4.69) is 15.0 Å². The van der Waals surface area contributed by atoms with Crippen LogP contribution in [0.5, 0.6) is 0 Å². The molecule has 106 valence electrons. The summed E-state index contributed by atoms with van der Waals surface area (Å²) in [6.07, 6.45) is -4.46. The van der Waals surface area contributed by atoms with E-state index in [4.69, 9.17) is 9.84 Å². The number of hydrogen-bond acceptors (Lipinski definition) is 8. The first-order chi connectivity index (χ1) is 9.01. The lowest BCUT2D eigenvalue weighted by molar-refractivity contribution is -0.0606. The number of esters is 1. The average Bonchev–Trinajstić information content (AvgIpc) is 2.91. The zero-order valence-electron chi connectivity index (χ0n) is 9.80. The van der Waals surface area contributed by atoms with Gasteiger partial charge in [0, 0.05) is 0 Å². The molecule has 0 radical (unpaired) electrons. The summed E-state index contributed by atoms with van der Waals surface area (Å²) < 4.78 is 11.3. The number of aromatic nitrogens is 3. The molecule has 0 aromatic carbocycles. The SMILES string of the molecule is COC(=O)c1nnn([C@@H]2O[C@H](CO)[C@@H](O)[C@H]2O)c1I. The highest BCUT2D eigenvalue weighted by Crippen LogP contribution is 2.30. The molecule has 1 fully saturated rings. The Balaban J connectivity index is 2.28. The first kappa shape index (κ1) is 14.6. The van der Waals surface area contributed by atoms with Crippen LogP contribution in [-0.2, 0) is 9.47 Å². The van der Waals surface area contributed by atoms with Gasteiger partial charge in [-0.15, -0.1) is 5.10 Å². The molecule has 10 heteroatoms. The molecular weight excluding hydrogens is 373 g/mol. The Morgan fingerprint density at radius 1 is 1.53 bits per heavy atom. The number of carbonyl (C=O) groups is 1. The Bertz CT molecular complexity index is 481. The molecule has 1 saturated heterocycles. The zero-order chi connectivity index (χ0) is 14.2. The van der Waals surface area contributed by atoms with E-state index in [-0.39, 0.29) is 5.69 Å². The topological polar surface area (TPSA) is 127 Å². The molecule has 9 nitrogen and oxygen atoms in total. The van der Waals surface area contributed by atoms with Gasteiger partial charge in [0.05, 0.1) is 13.7 Å². The van der Waals surface area contributed by atoms with Crippen molar-refractivity contribution >= 4 is 28.6 Å². The van der Waals surface area contributed by atoms with Crippen LogP contribution < -0.4 is 0 Å². The normalized spacial score (nSPS) is 30.6. The lowest BCUT2D eigenvalue weighted by atomic mass is 10.1. The van der Waals surface area contributed by atoms with Crippen LogP contribution in [0.1, 0.15) is 16.7 Å². The maximum absolute atomic E-state index is 11.4. The van der Waals surface area contributed by atoms with Crippen molar-refractivity contribution in [2.75, 3.05) is 13.7 Å². The van der Waals surface area contributed by atoms with Crippen molar-refractivity contribution in [3.63, 3.8) is 0 Å². The highest BCUT2D eigenvalue weighted by Gasteiger charge is 2.45. The van der Waals surface area contributed by atoms with Crippen LogP contribution in [0.3, 0.4) is 0 Å². The van der Waals surface area contributed by atoms with Crippen LogP contribution in [0.2, 0.25) is 0 Å². The van der Waals surface area contributed by atoms with Crippen molar-refractivity contribution < 1.29 is 29.6 Å². The number of nitrogens with zero attached hydrogens (tertiary/aromatic N) is 3. The molecule has 0 spiro atoms. The number of methoxy groups -OCH3 is 1. The van der Waals surface area contributed by atoms with Gasteiger partial charge in [0.15, 0.2) is 6.23 Å². The van der Waals surface area contributed by atoms with Gasteiger partial charge in [-0.25, -0.2) is 9.48 Å². The van der Waals surface area contributed by atoms with Gasteiger partial charge in [0.1, 0.15) is 22.0 Å². The van der Waals surface area contributed by atoms with Gasteiger partial charge >= 0.3 is 5.97 Å². The van der Waals surface area contributed by atoms with Gasteiger partial charge < -0.3 is 24.8 Å². The van der Waals surface area contributed by atoms with Crippen molar-refractivity contribution in [3.05, 3.63) is 9.39 Å². The summed E-state index contributed by atoms with van der Waals surface area (Å²) in [4.78, 5) is 11.4. The van der Waals surface area contributed by atoms with Crippen molar-refractivity contribution in [1.82, 2.24) is 15.0 Å². The van der Waals surface area contributed by atoms with Crippen LogP contribution >= 0.6 is 22.6 Å². The minimum absolute atomic E-state index is 0.0131. The maximum atomic E-state index is 11.4. The molecule has 2 rings (SSSR count). The lowest BCUT2D eigenvalue weighted by Crippen LogP contribution is -2.33. The van der Waals surface area contributed by atoms with Gasteiger partial charge in [-0.2, -0.15) is 0 Å². The van der Waals surface area contributed by atoms with Gasteiger partial charge in [-0.1, -0.05) is 5.21 Å². The number of hydrogen-bond donors (Lipinski definition) is 3. The molecule has 0 aliphatic carbocycles. The summed E-state index contributed by atoms with van der Waals surface area (Å²) in [6, 6.07) is 0. The summed E-state index contributed by atoms with van der Waals surface area (Å²) in [5.41, 5.74) is -0.0131. The molecule has 0 amide bonds. The number of rotatable bonds is 3. The predicted octanol–water partition coefficient (Wildman–Crippen LogP) is -1.72. The predicted molar refractivity (Wildman–Crippen MR) is 67.1 cm³/mol. The van der Waals surface area contributed by atoms with E-state index in [0.29, 0.717) is 3.70 Å². The molecule has 19 heavy (non-hydrogen) atoms. The van der Waals surface area contributed by atoms with E-state index < -0.39 is 37.1 Å². The van der Waals surface area contributed by atoms with Gasteiger partial charge in [-0.3, -0.25) is 0 Å². The minimum Gasteiger partial charge on any atom is -0.464 e. The fourth-order valence-corrected chi connectivity index (χ4v) is 2.45. The number of aliphatic hydroxyl groups is 3. The highest BCUT2D eigenvalue weighted by molar-refractivity contribution is 14.1. The molecule has 1 aromatic heterocycles. The molecule has 0 saturated carbocycles. The molecule has 2 heterocycles. The first-order valence-electron chi connectivity index (χ1n) is 5.32. The van der Waals surface area contributed by atoms with Gasteiger partial charge in [0.2, 0.25) is 5.69 Å². The molecule has 1 aliphatic heterocycles. The van der Waals surface area contributed by atoms with Crippen LogP contribution in [0.4, 0.5) is 0 Å². The summed E-state index contributed by atoms with van der Waals surface area (Å²) in [6.45, 7) is -0.441. The molecule has 0 bridgehead atoms. The third-order valence-corrected chi connectivity index (χ3v) is 3.78. The summed E-state index contributed by atoms with van der Waals surface area (Å²) in [5, 5.41) is 35.8. The van der Waals surface area contributed by atoms with Crippen molar-refractivity contribution in [2.45, 2.75) is 24.5 Å². The molecule has 0 unspecified atom stereocenters. The molecular formula is C9H12IN3O6. The second kappa shape index (κ2) is 5.66. The molecule has 4 atom stereocenters. The van der Waals surface area contributed by atoms with Crippen molar-refractivity contribution in [1.29, 1.82) is 0 Å². The van der Waals surface area contributed by atoms with Crippen LogP contribution in [0, 0.1) is 3.70 Å². The Morgan fingerprint density at radius 2 is 2.21 bits per heavy atom. The van der Waals surface area contributed by atoms with Crippen LogP contribution in [-0.4, -0.2) is 68.3 Å². The Kier molecular flexibility index (Phi) is 4.35. The van der Waals surface area contributed by atoms with E-state index in [1.807, 2.05) is 0 Å². The van der Waals surface area contributed by atoms with Crippen LogP contribution in [0.25, 0.3) is 0 Å². The minimum atomic E-state index is -1.28. The zero-order valence-corrected chi connectivity index (χ0v) is 12.0. The Hall–Kier alpha value is -0.820. The van der Waals surface area contributed by atoms with E-state index in [1.54, 1.807) is 22.6 Å². The molecule has 3 N–H and O–H groups in total. The highest BCUT2D eigenvalue weighted by atomic mass is 127. The van der Waals surface area contributed by atoms with E-state index in [0.717, 1.165) is 4.68 Å². The standard InChI is InChI=1S/C9H12IN3O6/c1-18-9(17)4-7(10)13(12-11-4)8-6(16)5(15)3(2-14)19-8/h3,5-6,8,14-16H,2H2,1H3/t3-,5-,6-,8-/m1/s1. The number of aliphatic hydroxyl groups excluding tert-OH is 3. The van der Waals surface area contributed by atoms with Crippen molar-refractivity contribution in [3.8, 4) is 0 Å². The molecule has 1 aliphatic rings. The number of halogens is 1. The second-order valence-corrected chi connectivity index (χ2v) is 4.92. The van der Waals surface area contributed by atoms with Gasteiger partial charge in [0.25, 0.3) is 0 Å². The summed E-state index contributed by atoms with van der Waals surface area (Å²) in [5.74, 6) is -0.664. The number of carbonyl (C=O) groups excluding carboxylic acids is 1. The largest absolute Gasteiger partial charge is 0.464 e. The number of ether oxygens (including phenoxy) is 2. The Morgan fingerprint density at radius 3 is 2.74 bits per heavy atom. The van der Waals surface area contributed by atoms with Gasteiger partial charge in [-0.05, 0) is 22.6 Å². The summed E-state index contributed by atoms with van der Waals surface area (Å²) >= 11 is 1.80. The van der Waals surface area contributed by atoms with Crippen molar-refractivity contribution in [2.24, 2.45) is 0 Å². The van der Waals surface area contributed by atoms with E-state index in [1.165, 1.54) is 7.11 Å². The quantitative estimate of drug-likeness (QED) is 0.415. The molecule has 1 aromatic rings. The fourth-order valence-electron chi connectivity index (χ4n) is 1.75. The smallest absolute Gasteiger partial charge is 0.361 e. The lowest BCUT2D eigenvalue weighted by Gasteiger charge is -2.15. The third-order valence-electron chi connectivity index (χ3n) is 2.77. The second-order valence-electron chi connectivity index (χ2n) is 3.89. The first-order valence-corrected chi connectivity index (χ1v) is 6.40. The monoisotopic (exact) mass is 385 g/mol. The maximum Gasteiger partial charge on any atom is 0.361 e. The van der Waals surface area contributed by atoms with E-state index >= 15 is 0 Å². The average molecular weight is 385 g/mol. The van der Waals surface area contributed by atoms with E-state index in [9.17, 15) is 15.0 Å². The summed E-state index contributed by atoms with van der Waals surface area (Å²) in [7, 11) is 1.21. The third kappa shape index (κ3) is 2.45.